The van der Waals surface area contributed by atoms with E-state index in [0.717, 1.165) is 5.56 Å². The molecule has 0 amide bonds. The average molecular weight is 496 g/mol. The van der Waals surface area contributed by atoms with Crippen LogP contribution < -0.4 is 9.47 Å². The smallest absolute Gasteiger partial charge is 0.261 e. The molecular weight excluding hydrogens is 469 g/mol. The minimum Gasteiger partial charge on any atom is -0.487 e. The van der Waals surface area contributed by atoms with Crippen molar-refractivity contribution in [3.8, 4) is 11.5 Å². The van der Waals surface area contributed by atoms with Gasteiger partial charge in [0.05, 0.1) is 43.7 Å². The van der Waals surface area contributed by atoms with Crippen LogP contribution in [-0.4, -0.2) is 76.9 Å². The summed E-state index contributed by atoms with van der Waals surface area (Å²) in [6.45, 7) is 2.05. The molecule has 0 bridgehead atoms. The molecule has 0 aliphatic carbocycles. The lowest BCUT2D eigenvalue weighted by Gasteiger charge is -2.31. The van der Waals surface area contributed by atoms with Gasteiger partial charge in [-0.25, -0.2) is 14.4 Å². The zero-order valence-corrected chi connectivity index (χ0v) is 19.8. The molecular formula is C22H26FN3O7S. The first-order valence-electron chi connectivity index (χ1n) is 10.2. The largest absolute Gasteiger partial charge is 0.487 e. The molecule has 0 saturated carbocycles. The minimum absolute atomic E-state index is 0.269. The molecule has 0 unspecified atom stereocenters. The third kappa shape index (κ3) is 6.73. The summed E-state index contributed by atoms with van der Waals surface area (Å²) in [5, 5.41) is 0. The second-order valence-corrected chi connectivity index (χ2v) is 8.74. The highest BCUT2D eigenvalue weighted by atomic mass is 32.2. The zero-order valence-electron chi connectivity index (χ0n) is 19.0. The molecule has 2 aliphatic heterocycles. The van der Waals surface area contributed by atoms with Gasteiger partial charge in [-0.2, -0.15) is 8.42 Å². The van der Waals surface area contributed by atoms with Crippen LogP contribution in [0.1, 0.15) is 11.1 Å². The van der Waals surface area contributed by atoms with E-state index in [1.807, 2.05) is 23.1 Å². The Morgan fingerprint density at radius 1 is 1.03 bits per heavy atom. The number of aliphatic imine (C=N–C) groups is 2. The molecule has 0 aromatic heterocycles. The van der Waals surface area contributed by atoms with Crippen LogP contribution in [0.15, 0.2) is 40.3 Å². The Hall–Kier alpha value is -3.06. The van der Waals surface area contributed by atoms with Gasteiger partial charge in [0.15, 0.2) is 11.5 Å². The molecule has 2 heterocycles. The molecule has 2 aliphatic rings. The Bertz CT molecular complexity index is 1180. The molecule has 2 aromatic carbocycles. The van der Waals surface area contributed by atoms with Gasteiger partial charge >= 0.3 is 0 Å². The summed E-state index contributed by atoms with van der Waals surface area (Å²) in [6, 6.07) is 8.61. The van der Waals surface area contributed by atoms with Crippen LogP contribution in [-0.2, 0) is 26.1 Å². The number of fused-ring (bicyclic) bond motifs is 4. The maximum absolute atomic E-state index is 14.2. The van der Waals surface area contributed by atoms with E-state index in [4.69, 9.17) is 23.5 Å². The van der Waals surface area contributed by atoms with Crippen molar-refractivity contribution in [1.82, 2.24) is 4.90 Å². The molecule has 0 fully saturated rings. The number of rotatable bonds is 8. The van der Waals surface area contributed by atoms with E-state index >= 15 is 0 Å². The van der Waals surface area contributed by atoms with Gasteiger partial charge in [0.2, 0.25) is 0 Å². The normalized spacial score (nSPS) is 13.7. The number of halogens is 1. The van der Waals surface area contributed by atoms with Crippen LogP contribution in [0.4, 0.5) is 15.8 Å². The number of methoxy groups -OCH3 is 2. The van der Waals surface area contributed by atoms with Crippen molar-refractivity contribution in [2.75, 3.05) is 46.9 Å². The lowest BCUT2D eigenvalue weighted by Crippen LogP contribution is -2.34. The van der Waals surface area contributed by atoms with Gasteiger partial charge in [0.25, 0.3) is 10.1 Å². The fourth-order valence-electron chi connectivity index (χ4n) is 3.21. The maximum Gasteiger partial charge on any atom is 0.261 e. The average Bonchev–Trinajstić information content (AvgIpc) is 2.78. The third-order valence-corrected chi connectivity index (χ3v) is 4.65. The summed E-state index contributed by atoms with van der Waals surface area (Å²) in [5.74, 6) is 1.58. The lowest BCUT2D eigenvalue weighted by atomic mass is 10.0. The highest BCUT2D eigenvalue weighted by Gasteiger charge is 2.28. The number of amidine groups is 1. The van der Waals surface area contributed by atoms with E-state index in [1.54, 1.807) is 26.6 Å². The summed E-state index contributed by atoms with van der Waals surface area (Å²) in [7, 11) is -0.431. The predicted molar refractivity (Wildman–Crippen MR) is 125 cm³/mol. The maximum atomic E-state index is 14.2. The molecule has 1 N–H and O–H groups in total. The number of nitrogens with zero attached hydrogens (tertiary/aromatic N) is 3. The van der Waals surface area contributed by atoms with Crippen LogP contribution in [0.5, 0.6) is 11.5 Å². The number of hydrogen-bond acceptors (Lipinski definition) is 9. The van der Waals surface area contributed by atoms with Crippen molar-refractivity contribution < 1.29 is 36.3 Å². The van der Waals surface area contributed by atoms with E-state index in [0.29, 0.717) is 73.5 Å². The van der Waals surface area contributed by atoms with Gasteiger partial charge in [0, 0.05) is 31.4 Å². The molecule has 2 aromatic rings. The van der Waals surface area contributed by atoms with Crippen molar-refractivity contribution in [1.29, 1.82) is 0 Å². The monoisotopic (exact) mass is 495 g/mol. The lowest BCUT2D eigenvalue weighted by molar-refractivity contribution is 0.132. The van der Waals surface area contributed by atoms with Crippen LogP contribution in [0, 0.1) is 5.82 Å². The molecule has 0 radical (unpaired) electrons. The molecule has 0 saturated heterocycles. The van der Waals surface area contributed by atoms with E-state index < -0.39 is 10.1 Å². The fourth-order valence-corrected chi connectivity index (χ4v) is 3.21. The molecule has 0 spiro atoms. The van der Waals surface area contributed by atoms with E-state index in [1.165, 1.54) is 6.07 Å². The van der Waals surface area contributed by atoms with E-state index in [2.05, 4.69) is 9.98 Å². The fraction of sp³-hybridized carbons (Fsp3) is 0.364. The first-order valence-corrected chi connectivity index (χ1v) is 12.1. The van der Waals surface area contributed by atoms with Crippen LogP contribution in [0.25, 0.3) is 0 Å². The summed E-state index contributed by atoms with van der Waals surface area (Å²) >= 11 is 0. The Morgan fingerprint density at radius 2 is 1.65 bits per heavy atom. The summed E-state index contributed by atoms with van der Waals surface area (Å²) in [6.07, 6.45) is 2.38. The Balaban J connectivity index is 0.000000588. The second kappa shape index (κ2) is 11.4. The van der Waals surface area contributed by atoms with Gasteiger partial charge in [-0.05, 0) is 18.2 Å². The molecule has 12 heteroatoms. The van der Waals surface area contributed by atoms with Gasteiger partial charge in [-0.15, -0.1) is 0 Å². The first-order chi connectivity index (χ1) is 16.2. The van der Waals surface area contributed by atoms with Crippen LogP contribution in [0.2, 0.25) is 0 Å². The second-order valence-electron chi connectivity index (χ2n) is 7.28. The summed E-state index contributed by atoms with van der Waals surface area (Å²) < 4.78 is 61.8. The van der Waals surface area contributed by atoms with Gasteiger partial charge in [-0.3, -0.25) is 4.55 Å². The van der Waals surface area contributed by atoms with Gasteiger partial charge in [-0.1, -0.05) is 6.07 Å². The number of ether oxygens (including phenoxy) is 4. The molecule has 34 heavy (non-hydrogen) atoms. The van der Waals surface area contributed by atoms with E-state index in [-0.39, 0.29) is 5.82 Å². The van der Waals surface area contributed by atoms with E-state index in [9.17, 15) is 12.8 Å². The Labute approximate surface area is 197 Å². The zero-order chi connectivity index (χ0) is 24.7. The molecule has 184 valence electrons. The highest BCUT2D eigenvalue weighted by molar-refractivity contribution is 7.85. The summed E-state index contributed by atoms with van der Waals surface area (Å²) in [4.78, 5) is 11.0. The molecule has 4 rings (SSSR count). The quantitative estimate of drug-likeness (QED) is 0.439. The predicted octanol–water partition coefficient (Wildman–Crippen LogP) is 2.95. The van der Waals surface area contributed by atoms with Crippen molar-refractivity contribution in [3.05, 3.63) is 47.3 Å². The molecule has 0 atom stereocenters. The van der Waals surface area contributed by atoms with Crippen molar-refractivity contribution in [3.63, 3.8) is 0 Å². The van der Waals surface area contributed by atoms with Crippen LogP contribution >= 0.6 is 0 Å². The SMILES string of the molecule is COCCOc1cc2c(cc1OCCOC)C1=Nc3cccc(F)c3CN1C=N2.CS(=O)(=O)O. The van der Waals surface area contributed by atoms with Crippen molar-refractivity contribution >= 4 is 33.7 Å². The topological polar surface area (TPSA) is 119 Å². The highest BCUT2D eigenvalue weighted by Crippen LogP contribution is 2.40. The minimum atomic E-state index is -3.67. The standard InChI is InChI=1S/C21H22FN3O4.CH4O3S/c1-26-6-8-28-19-10-14-18(11-20(19)29-9-7-27-2)23-13-25-12-15-16(22)4-3-5-17(15)24-21(14)25;1-5(2,3)4/h3-5,10-11,13H,6-9,12H2,1-2H3;1H3,(H,2,3,4). The Morgan fingerprint density at radius 3 is 2.26 bits per heavy atom. The Kier molecular flexibility index (Phi) is 8.56. The number of benzene rings is 2. The van der Waals surface area contributed by atoms with Gasteiger partial charge in [0.1, 0.15) is 24.9 Å². The third-order valence-electron chi connectivity index (χ3n) is 4.65. The first kappa shape index (κ1) is 25.6. The van der Waals surface area contributed by atoms with Gasteiger partial charge < -0.3 is 23.8 Å². The van der Waals surface area contributed by atoms with Crippen LogP contribution in [0.3, 0.4) is 0 Å². The number of hydrogen-bond donors (Lipinski definition) is 1. The van der Waals surface area contributed by atoms with Crippen molar-refractivity contribution in [2.24, 2.45) is 9.98 Å². The summed E-state index contributed by atoms with van der Waals surface area (Å²) in [5.41, 5.74) is 2.70. The molecule has 10 nitrogen and oxygen atoms in total. The van der Waals surface area contributed by atoms with Crippen molar-refractivity contribution in [2.45, 2.75) is 6.54 Å².